The number of methoxy groups -OCH3 is 1. The molecule has 7 heteroatoms. The highest BCUT2D eigenvalue weighted by atomic mass is 35.5. The van der Waals surface area contributed by atoms with Gasteiger partial charge in [0.2, 0.25) is 0 Å². The minimum absolute atomic E-state index is 0.0422. The third-order valence-corrected chi connectivity index (χ3v) is 2.20. The summed E-state index contributed by atoms with van der Waals surface area (Å²) in [7, 11) is 1.27. The Balaban J connectivity index is 3.53. The summed E-state index contributed by atoms with van der Waals surface area (Å²) in [5.41, 5.74) is -0.0960. The van der Waals surface area contributed by atoms with Crippen molar-refractivity contribution >= 4 is 17.3 Å². The standard InChI is InChI=1S/C7H8ClN2O4/c1-4-6(10(12)13)5(14-2)3-9(11)7(4)8/h3,11H,1-2H3/q+1. The maximum Gasteiger partial charge on any atom is 0.335 e. The first-order valence-electron chi connectivity index (χ1n) is 3.61. The predicted octanol–water partition coefficient (Wildman–Crippen LogP) is 1.09. The highest BCUT2D eigenvalue weighted by Gasteiger charge is 2.29. The monoisotopic (exact) mass is 219 g/mol. The van der Waals surface area contributed by atoms with E-state index in [1.807, 2.05) is 0 Å². The predicted molar refractivity (Wildman–Crippen MR) is 46.8 cm³/mol. The van der Waals surface area contributed by atoms with E-state index in [1.54, 1.807) is 0 Å². The molecule has 0 aliphatic carbocycles. The molecule has 1 aromatic heterocycles. The number of halogens is 1. The Morgan fingerprint density at radius 3 is 2.71 bits per heavy atom. The average Bonchev–Trinajstić information content (AvgIpc) is 2.12. The molecule has 1 heterocycles. The van der Waals surface area contributed by atoms with Crippen molar-refractivity contribution in [3.05, 3.63) is 27.0 Å². The van der Waals surface area contributed by atoms with Crippen molar-refractivity contribution in [2.24, 2.45) is 0 Å². The Labute approximate surface area is 84.4 Å². The Hall–Kier alpha value is -1.56. The summed E-state index contributed by atoms with van der Waals surface area (Å²) in [6, 6.07) is 0. The van der Waals surface area contributed by atoms with E-state index in [1.165, 1.54) is 14.0 Å². The van der Waals surface area contributed by atoms with Crippen LogP contribution < -0.4 is 9.47 Å². The van der Waals surface area contributed by atoms with Crippen LogP contribution in [0.2, 0.25) is 5.15 Å². The number of rotatable bonds is 2. The largest absolute Gasteiger partial charge is 0.486 e. The molecule has 0 radical (unpaired) electrons. The smallest absolute Gasteiger partial charge is 0.335 e. The van der Waals surface area contributed by atoms with Crippen LogP contribution in [0.15, 0.2) is 6.20 Å². The Morgan fingerprint density at radius 2 is 2.29 bits per heavy atom. The first-order chi connectivity index (χ1) is 6.49. The van der Waals surface area contributed by atoms with Crippen molar-refractivity contribution in [3.63, 3.8) is 0 Å². The minimum Gasteiger partial charge on any atom is -0.486 e. The fourth-order valence-electron chi connectivity index (χ4n) is 1.06. The summed E-state index contributed by atoms with van der Waals surface area (Å²) in [4.78, 5) is 10.0. The quantitative estimate of drug-likeness (QED) is 0.266. The summed E-state index contributed by atoms with van der Waals surface area (Å²) in [6.07, 6.45) is 1.04. The van der Waals surface area contributed by atoms with Crippen LogP contribution in [0.3, 0.4) is 0 Å². The topological polar surface area (TPSA) is 76.5 Å². The summed E-state index contributed by atoms with van der Waals surface area (Å²) >= 11 is 5.61. The van der Waals surface area contributed by atoms with Crippen molar-refractivity contribution in [1.29, 1.82) is 0 Å². The third-order valence-electron chi connectivity index (χ3n) is 1.74. The molecule has 1 aromatic rings. The lowest BCUT2D eigenvalue weighted by Crippen LogP contribution is -2.32. The number of pyridine rings is 1. The van der Waals surface area contributed by atoms with Crippen molar-refractivity contribution in [2.75, 3.05) is 7.11 Å². The zero-order chi connectivity index (χ0) is 10.9. The number of ether oxygens (including phenoxy) is 1. The van der Waals surface area contributed by atoms with Gasteiger partial charge in [-0.2, -0.15) is 0 Å². The van der Waals surface area contributed by atoms with Crippen molar-refractivity contribution in [3.8, 4) is 5.75 Å². The highest BCUT2D eigenvalue weighted by Crippen LogP contribution is 2.31. The molecule has 0 aliphatic heterocycles. The van der Waals surface area contributed by atoms with Gasteiger partial charge in [-0.25, -0.2) is 0 Å². The van der Waals surface area contributed by atoms with Gasteiger partial charge in [0, 0.05) is 4.73 Å². The van der Waals surface area contributed by atoms with Crippen LogP contribution in [0.4, 0.5) is 5.69 Å². The van der Waals surface area contributed by atoms with Gasteiger partial charge in [0.25, 0.3) is 11.9 Å². The van der Waals surface area contributed by atoms with Gasteiger partial charge < -0.3 is 4.74 Å². The third kappa shape index (κ3) is 1.56. The van der Waals surface area contributed by atoms with Crippen LogP contribution in [-0.2, 0) is 0 Å². The van der Waals surface area contributed by atoms with Gasteiger partial charge in [0.05, 0.1) is 12.0 Å². The molecule has 0 saturated carbocycles. The lowest BCUT2D eigenvalue weighted by atomic mass is 10.2. The van der Waals surface area contributed by atoms with Gasteiger partial charge >= 0.3 is 10.8 Å². The maximum atomic E-state index is 10.6. The first kappa shape index (κ1) is 10.5. The molecule has 0 aromatic carbocycles. The van der Waals surface area contributed by atoms with Crippen LogP contribution >= 0.6 is 11.6 Å². The molecule has 76 valence electrons. The lowest BCUT2D eigenvalue weighted by Gasteiger charge is -2.01. The molecule has 0 bridgehead atoms. The van der Waals surface area contributed by atoms with Gasteiger partial charge in [-0.3, -0.25) is 15.3 Å². The van der Waals surface area contributed by atoms with Gasteiger partial charge in [0.1, 0.15) is 5.56 Å². The van der Waals surface area contributed by atoms with Crippen molar-refractivity contribution in [2.45, 2.75) is 6.92 Å². The normalized spacial score (nSPS) is 9.93. The molecule has 14 heavy (non-hydrogen) atoms. The average molecular weight is 220 g/mol. The van der Waals surface area contributed by atoms with E-state index in [0.717, 1.165) is 6.20 Å². The van der Waals surface area contributed by atoms with E-state index in [9.17, 15) is 15.3 Å². The highest BCUT2D eigenvalue weighted by molar-refractivity contribution is 6.29. The van der Waals surface area contributed by atoms with E-state index in [0.29, 0.717) is 4.73 Å². The second-order valence-corrected chi connectivity index (χ2v) is 2.92. The molecule has 0 fully saturated rings. The van der Waals surface area contributed by atoms with Crippen molar-refractivity contribution in [1.82, 2.24) is 0 Å². The lowest BCUT2D eigenvalue weighted by molar-refractivity contribution is -0.903. The molecule has 0 spiro atoms. The van der Waals surface area contributed by atoms with Gasteiger partial charge in [0.15, 0.2) is 0 Å². The zero-order valence-corrected chi connectivity index (χ0v) is 8.28. The second-order valence-electron chi connectivity index (χ2n) is 2.56. The van der Waals surface area contributed by atoms with Crippen LogP contribution in [0.25, 0.3) is 0 Å². The van der Waals surface area contributed by atoms with E-state index in [2.05, 4.69) is 0 Å². The number of aromatic nitrogens is 1. The summed E-state index contributed by atoms with van der Waals surface area (Å²) in [5, 5.41) is 19.7. The molecule has 0 unspecified atom stereocenters. The molecule has 0 amide bonds. The van der Waals surface area contributed by atoms with Crippen LogP contribution in [0.5, 0.6) is 5.75 Å². The van der Waals surface area contributed by atoms with Crippen LogP contribution in [0, 0.1) is 17.0 Å². The molecular formula is C7H8ClN2O4+. The van der Waals surface area contributed by atoms with Gasteiger partial charge in [-0.15, -0.1) is 0 Å². The minimum atomic E-state index is -0.611. The fourth-order valence-corrected chi connectivity index (χ4v) is 1.20. The Morgan fingerprint density at radius 1 is 1.71 bits per heavy atom. The van der Waals surface area contributed by atoms with Crippen molar-refractivity contribution < 1.29 is 19.6 Å². The van der Waals surface area contributed by atoms with E-state index >= 15 is 0 Å². The molecule has 0 atom stereocenters. The van der Waals surface area contributed by atoms with E-state index in [-0.39, 0.29) is 22.2 Å². The van der Waals surface area contributed by atoms with E-state index < -0.39 is 4.92 Å². The maximum absolute atomic E-state index is 10.6. The van der Waals surface area contributed by atoms with Gasteiger partial charge in [-0.05, 0) is 18.5 Å². The molecule has 1 N–H and O–H groups in total. The summed E-state index contributed by atoms with van der Waals surface area (Å²) in [6.45, 7) is 1.43. The van der Waals surface area contributed by atoms with Crippen LogP contribution in [-0.4, -0.2) is 17.2 Å². The molecule has 0 aliphatic rings. The number of nitro groups is 1. The first-order valence-corrected chi connectivity index (χ1v) is 3.99. The van der Waals surface area contributed by atoms with Crippen LogP contribution in [0.1, 0.15) is 5.56 Å². The zero-order valence-electron chi connectivity index (χ0n) is 7.52. The molecule has 6 nitrogen and oxygen atoms in total. The number of nitrogens with zero attached hydrogens (tertiary/aromatic N) is 2. The molecule has 1 rings (SSSR count). The fraction of sp³-hybridized carbons (Fsp3) is 0.286. The molecular weight excluding hydrogens is 212 g/mol. The van der Waals surface area contributed by atoms with Gasteiger partial charge in [-0.1, -0.05) is 0 Å². The second kappa shape index (κ2) is 3.67. The number of hydrogen-bond acceptors (Lipinski definition) is 4. The number of hydrogen-bond donors (Lipinski definition) is 1. The SMILES string of the molecule is COc1c[n+](O)c(Cl)c(C)c1[N+](=O)[O-]. The summed E-state index contributed by atoms with van der Waals surface area (Å²) < 4.78 is 5.31. The molecule has 0 saturated heterocycles. The Kier molecular flexibility index (Phi) is 2.76. The summed E-state index contributed by atoms with van der Waals surface area (Å²) in [5.74, 6) is -0.0422. The Bertz CT molecular complexity index is 394. The van der Waals surface area contributed by atoms with E-state index in [4.69, 9.17) is 16.3 Å².